The maximum atomic E-state index is 14.5. The van der Waals surface area contributed by atoms with Gasteiger partial charge in [-0.1, -0.05) is 42.5 Å². The fourth-order valence-electron chi connectivity index (χ4n) is 4.70. The highest BCUT2D eigenvalue weighted by molar-refractivity contribution is 7.92. The van der Waals surface area contributed by atoms with E-state index in [9.17, 15) is 12.8 Å². The third kappa shape index (κ3) is 3.61. The Morgan fingerprint density at radius 3 is 2.65 bits per heavy atom. The predicted molar refractivity (Wildman–Crippen MR) is 121 cm³/mol. The first-order valence-electron chi connectivity index (χ1n) is 10.3. The van der Waals surface area contributed by atoms with Crippen molar-refractivity contribution in [2.75, 3.05) is 10.0 Å². The number of halogens is 1. The maximum absolute atomic E-state index is 14.5. The van der Waals surface area contributed by atoms with Crippen LogP contribution in [0.25, 0.3) is 0 Å². The van der Waals surface area contributed by atoms with Crippen molar-refractivity contribution in [3.63, 3.8) is 0 Å². The zero-order chi connectivity index (χ0) is 21.6. The molecule has 5 rings (SSSR count). The molecule has 0 aromatic heterocycles. The number of fused-ring (bicyclic) bond motifs is 3. The normalized spacial score (nSPS) is 21.8. The second kappa shape index (κ2) is 7.54. The van der Waals surface area contributed by atoms with Gasteiger partial charge in [0.1, 0.15) is 5.82 Å². The molecule has 1 heterocycles. The topological polar surface area (TPSA) is 58.2 Å². The molecule has 0 radical (unpaired) electrons. The molecule has 31 heavy (non-hydrogen) atoms. The van der Waals surface area contributed by atoms with Gasteiger partial charge < -0.3 is 5.32 Å². The molecule has 2 N–H and O–H groups in total. The molecular weight excluding hydrogens is 411 g/mol. The Balaban J connectivity index is 1.51. The summed E-state index contributed by atoms with van der Waals surface area (Å²) in [5.74, 6) is -0.0577. The second-order valence-corrected chi connectivity index (χ2v) is 9.90. The predicted octanol–water partition coefficient (Wildman–Crippen LogP) is 5.76. The SMILES string of the molecule is Cc1cccc(NS(=O)(=O)c2ccc3c(c2)[C@@H]2C=CC[C@@H]2[C@@H](c2ccccc2F)N3)c1. The zero-order valence-corrected chi connectivity index (χ0v) is 17.9. The number of benzene rings is 3. The summed E-state index contributed by atoms with van der Waals surface area (Å²) in [4.78, 5) is 0.220. The first kappa shape index (κ1) is 19.8. The van der Waals surface area contributed by atoms with Gasteiger partial charge in [-0.05, 0) is 66.8 Å². The van der Waals surface area contributed by atoms with E-state index in [0.717, 1.165) is 23.2 Å². The lowest BCUT2D eigenvalue weighted by Crippen LogP contribution is -2.30. The van der Waals surface area contributed by atoms with Crippen LogP contribution in [0.3, 0.4) is 0 Å². The molecule has 6 heteroatoms. The highest BCUT2D eigenvalue weighted by atomic mass is 32.2. The van der Waals surface area contributed by atoms with Crippen LogP contribution >= 0.6 is 0 Å². The van der Waals surface area contributed by atoms with Crippen LogP contribution in [0.4, 0.5) is 15.8 Å². The number of rotatable bonds is 4. The van der Waals surface area contributed by atoms with E-state index in [0.29, 0.717) is 11.3 Å². The maximum Gasteiger partial charge on any atom is 0.261 e. The van der Waals surface area contributed by atoms with Gasteiger partial charge in [-0.2, -0.15) is 0 Å². The summed E-state index contributed by atoms with van der Waals surface area (Å²) in [6.45, 7) is 1.92. The van der Waals surface area contributed by atoms with E-state index >= 15 is 0 Å². The van der Waals surface area contributed by atoms with Gasteiger partial charge in [0.2, 0.25) is 0 Å². The van der Waals surface area contributed by atoms with Crippen LogP contribution in [0, 0.1) is 18.7 Å². The van der Waals surface area contributed by atoms with Crippen molar-refractivity contribution in [3.8, 4) is 0 Å². The lowest BCUT2D eigenvalue weighted by atomic mass is 9.77. The van der Waals surface area contributed by atoms with Crippen LogP contribution in [0.15, 0.2) is 83.8 Å². The van der Waals surface area contributed by atoms with Crippen LogP contribution in [-0.2, 0) is 10.0 Å². The average Bonchev–Trinajstić information content (AvgIpc) is 3.23. The van der Waals surface area contributed by atoms with Gasteiger partial charge >= 0.3 is 0 Å². The van der Waals surface area contributed by atoms with Crippen molar-refractivity contribution in [1.82, 2.24) is 0 Å². The van der Waals surface area contributed by atoms with Gasteiger partial charge in [-0.3, -0.25) is 4.72 Å². The summed E-state index contributed by atoms with van der Waals surface area (Å²) in [6.07, 6.45) is 5.03. The Morgan fingerprint density at radius 2 is 1.84 bits per heavy atom. The molecule has 0 fully saturated rings. The largest absolute Gasteiger partial charge is 0.378 e. The smallest absolute Gasteiger partial charge is 0.261 e. The monoisotopic (exact) mass is 434 g/mol. The molecule has 0 amide bonds. The minimum atomic E-state index is -3.73. The van der Waals surface area contributed by atoms with Crippen LogP contribution in [0.1, 0.15) is 35.1 Å². The Morgan fingerprint density at radius 1 is 1.00 bits per heavy atom. The highest BCUT2D eigenvalue weighted by Crippen LogP contribution is 2.50. The molecule has 0 unspecified atom stereocenters. The minimum absolute atomic E-state index is 0.0370. The molecular formula is C25H23FN2O2S. The molecule has 1 aliphatic carbocycles. The lowest BCUT2D eigenvalue weighted by molar-refractivity contribution is 0.413. The van der Waals surface area contributed by atoms with E-state index < -0.39 is 10.0 Å². The summed E-state index contributed by atoms with van der Waals surface area (Å²) in [6, 6.07) is 19.1. The lowest BCUT2D eigenvalue weighted by Gasteiger charge is -2.37. The third-order valence-corrected chi connectivity index (χ3v) is 7.53. The highest BCUT2D eigenvalue weighted by Gasteiger charge is 2.39. The molecule has 3 aromatic carbocycles. The summed E-state index contributed by atoms with van der Waals surface area (Å²) >= 11 is 0. The number of sulfonamides is 1. The van der Waals surface area contributed by atoms with Gasteiger partial charge in [0.15, 0.2) is 0 Å². The van der Waals surface area contributed by atoms with Gasteiger partial charge in [0.25, 0.3) is 10.0 Å². The molecule has 1 aliphatic heterocycles. The van der Waals surface area contributed by atoms with Gasteiger partial charge in [-0.15, -0.1) is 0 Å². The Bertz CT molecular complexity index is 1290. The zero-order valence-electron chi connectivity index (χ0n) is 17.0. The van der Waals surface area contributed by atoms with Crippen LogP contribution in [-0.4, -0.2) is 8.42 Å². The number of nitrogens with one attached hydrogen (secondary N) is 2. The van der Waals surface area contributed by atoms with Crippen molar-refractivity contribution in [3.05, 3.63) is 101 Å². The van der Waals surface area contributed by atoms with E-state index in [2.05, 4.69) is 22.2 Å². The third-order valence-electron chi connectivity index (χ3n) is 6.16. The van der Waals surface area contributed by atoms with Gasteiger partial charge in [0, 0.05) is 22.9 Å². The second-order valence-electron chi connectivity index (χ2n) is 8.22. The average molecular weight is 435 g/mol. The van der Waals surface area contributed by atoms with Crippen molar-refractivity contribution in [1.29, 1.82) is 0 Å². The van der Waals surface area contributed by atoms with Crippen molar-refractivity contribution < 1.29 is 12.8 Å². The van der Waals surface area contributed by atoms with E-state index in [-0.39, 0.29) is 28.6 Å². The summed E-state index contributed by atoms with van der Waals surface area (Å²) in [5, 5.41) is 3.47. The van der Waals surface area contributed by atoms with E-state index in [4.69, 9.17) is 0 Å². The number of hydrogen-bond donors (Lipinski definition) is 2. The number of allylic oxidation sites excluding steroid dienone is 2. The van der Waals surface area contributed by atoms with E-state index in [1.54, 1.807) is 36.4 Å². The Labute approximate surface area is 181 Å². The molecule has 0 saturated carbocycles. The van der Waals surface area contributed by atoms with E-state index in [1.807, 2.05) is 31.2 Å². The number of hydrogen-bond acceptors (Lipinski definition) is 3. The molecule has 0 bridgehead atoms. The van der Waals surface area contributed by atoms with Crippen LogP contribution in [0.2, 0.25) is 0 Å². The van der Waals surface area contributed by atoms with Crippen molar-refractivity contribution in [2.45, 2.75) is 30.2 Å². The standard InChI is InChI=1S/C25H23FN2O2S/c1-16-6-4-7-17(14-16)28-31(29,30)18-12-13-24-22(15-18)19-9-5-10-20(19)25(27-24)21-8-2-3-11-23(21)26/h2-9,11-15,19-20,25,27-28H,10H2,1H3/t19-,20+,25+/m1/s1. The molecule has 158 valence electrons. The van der Waals surface area contributed by atoms with Crippen LogP contribution in [0.5, 0.6) is 0 Å². The molecule has 3 aromatic rings. The number of aryl methyl sites for hydroxylation is 1. The first-order valence-corrected chi connectivity index (χ1v) is 11.8. The fourth-order valence-corrected chi connectivity index (χ4v) is 5.78. The van der Waals surface area contributed by atoms with Crippen molar-refractivity contribution in [2.24, 2.45) is 5.92 Å². The molecule has 3 atom stereocenters. The molecule has 0 spiro atoms. The van der Waals surface area contributed by atoms with Gasteiger partial charge in [-0.25, -0.2) is 12.8 Å². The number of anilines is 2. The summed E-state index contributed by atoms with van der Waals surface area (Å²) < 4.78 is 43.2. The summed E-state index contributed by atoms with van der Waals surface area (Å²) in [5.41, 5.74) is 3.93. The molecule has 0 saturated heterocycles. The van der Waals surface area contributed by atoms with Crippen molar-refractivity contribution >= 4 is 21.4 Å². The Kier molecular flexibility index (Phi) is 4.82. The fraction of sp³-hybridized carbons (Fsp3) is 0.200. The summed E-state index contributed by atoms with van der Waals surface area (Å²) in [7, 11) is -3.73. The first-order chi connectivity index (χ1) is 14.9. The Hall–Kier alpha value is -3.12. The van der Waals surface area contributed by atoms with Gasteiger partial charge in [0.05, 0.1) is 10.9 Å². The van der Waals surface area contributed by atoms with Crippen LogP contribution < -0.4 is 10.0 Å². The minimum Gasteiger partial charge on any atom is -0.378 e. The van der Waals surface area contributed by atoms with E-state index in [1.165, 1.54) is 6.07 Å². The molecule has 2 aliphatic rings. The molecule has 4 nitrogen and oxygen atoms in total. The quantitative estimate of drug-likeness (QED) is 0.513.